The molecular formula is C19H21FN6O. The Hall–Kier alpha value is -3.00. The van der Waals surface area contributed by atoms with E-state index in [2.05, 4.69) is 25.9 Å². The first-order chi connectivity index (χ1) is 12.8. The summed E-state index contributed by atoms with van der Waals surface area (Å²) in [6, 6.07) is 6.52. The zero-order valence-corrected chi connectivity index (χ0v) is 15.6. The van der Waals surface area contributed by atoms with Crippen molar-refractivity contribution in [3.63, 3.8) is 0 Å². The van der Waals surface area contributed by atoms with Gasteiger partial charge in [-0.1, -0.05) is 6.07 Å². The van der Waals surface area contributed by atoms with Gasteiger partial charge < -0.3 is 5.32 Å². The number of aromatic nitrogens is 3. The number of hydrogen-bond acceptors (Lipinski definition) is 6. The van der Waals surface area contributed by atoms with E-state index in [1.165, 1.54) is 6.07 Å². The van der Waals surface area contributed by atoms with Gasteiger partial charge in [-0.25, -0.2) is 29.2 Å². The van der Waals surface area contributed by atoms with Crippen molar-refractivity contribution in [1.82, 2.24) is 20.1 Å². The number of anilines is 1. The number of aryl methyl sites for hydroxylation is 1. The van der Waals surface area contributed by atoms with Crippen molar-refractivity contribution in [2.75, 3.05) is 5.32 Å². The Labute approximate surface area is 156 Å². The van der Waals surface area contributed by atoms with Crippen molar-refractivity contribution < 1.29 is 9.23 Å². The molecule has 0 aliphatic carbocycles. The van der Waals surface area contributed by atoms with Crippen molar-refractivity contribution in [1.29, 1.82) is 0 Å². The normalized spacial score (nSPS) is 16.9. The highest BCUT2D eigenvalue weighted by Gasteiger charge is 2.28. The second-order valence-electron chi connectivity index (χ2n) is 7.12. The van der Waals surface area contributed by atoms with Gasteiger partial charge in [0.2, 0.25) is 0 Å². The largest absolute Gasteiger partial charge is 0.363 e. The highest BCUT2D eigenvalue weighted by molar-refractivity contribution is 6.03. The highest BCUT2D eigenvalue weighted by atomic mass is 19.1. The fourth-order valence-corrected chi connectivity index (χ4v) is 3.10. The summed E-state index contributed by atoms with van der Waals surface area (Å²) in [5.74, 6) is 1.01. The Kier molecular flexibility index (Phi) is 4.07. The third-order valence-electron chi connectivity index (χ3n) is 4.47. The summed E-state index contributed by atoms with van der Waals surface area (Å²) in [7, 11) is 0. The van der Waals surface area contributed by atoms with Crippen LogP contribution in [-0.4, -0.2) is 26.2 Å². The summed E-state index contributed by atoms with van der Waals surface area (Å²) in [5, 5.41) is 7.65. The highest BCUT2D eigenvalue weighted by Crippen LogP contribution is 2.24. The number of amidine groups is 1. The summed E-state index contributed by atoms with van der Waals surface area (Å²) < 4.78 is 15.3. The van der Waals surface area contributed by atoms with Crippen LogP contribution in [0.5, 0.6) is 0 Å². The average Bonchev–Trinajstić information content (AvgIpc) is 3.19. The molecular weight excluding hydrogens is 347 g/mol. The summed E-state index contributed by atoms with van der Waals surface area (Å²) in [5.41, 5.74) is 5.51. The van der Waals surface area contributed by atoms with Gasteiger partial charge in [0.15, 0.2) is 17.2 Å². The molecule has 140 valence electrons. The van der Waals surface area contributed by atoms with Crippen LogP contribution in [0.4, 0.5) is 10.2 Å². The lowest BCUT2D eigenvalue weighted by Gasteiger charge is -2.17. The van der Waals surface area contributed by atoms with Gasteiger partial charge in [0, 0.05) is 6.20 Å². The van der Waals surface area contributed by atoms with Crippen LogP contribution in [0.25, 0.3) is 5.65 Å². The molecule has 0 radical (unpaired) electrons. The van der Waals surface area contributed by atoms with Gasteiger partial charge in [-0.2, -0.15) is 5.10 Å². The Bertz CT molecular complexity index is 1040. The number of nitrogens with one attached hydrogen (secondary N) is 2. The number of nitrogens with zero attached hydrogens (tertiary/aromatic N) is 4. The summed E-state index contributed by atoms with van der Waals surface area (Å²) in [6.07, 6.45) is 3.52. The van der Waals surface area contributed by atoms with Gasteiger partial charge in [0.1, 0.15) is 11.6 Å². The zero-order valence-electron chi connectivity index (χ0n) is 15.6. The van der Waals surface area contributed by atoms with Crippen molar-refractivity contribution in [2.24, 2.45) is 4.99 Å². The number of benzene rings is 1. The quantitative estimate of drug-likeness (QED) is 0.738. The molecule has 2 N–H and O–H groups in total. The number of hydrogen-bond donors (Lipinski definition) is 2. The van der Waals surface area contributed by atoms with Crippen molar-refractivity contribution in [3.05, 3.63) is 59.2 Å². The molecule has 27 heavy (non-hydrogen) atoms. The maximum absolute atomic E-state index is 13.6. The maximum Gasteiger partial charge on any atom is 0.182 e. The van der Waals surface area contributed by atoms with Gasteiger partial charge in [-0.05, 0) is 57.0 Å². The lowest BCUT2D eigenvalue weighted by molar-refractivity contribution is -0.0269. The minimum absolute atomic E-state index is 0.105. The summed E-state index contributed by atoms with van der Waals surface area (Å²) in [4.78, 5) is 14.6. The van der Waals surface area contributed by atoms with Gasteiger partial charge in [0.05, 0.1) is 17.8 Å². The lowest BCUT2D eigenvalue weighted by atomic mass is 10.0. The van der Waals surface area contributed by atoms with Crippen LogP contribution in [0.3, 0.4) is 0 Å². The number of hydroxylamine groups is 1. The van der Waals surface area contributed by atoms with Crippen molar-refractivity contribution in [2.45, 2.75) is 39.5 Å². The van der Waals surface area contributed by atoms with Gasteiger partial charge in [-0.3, -0.25) is 0 Å². The first-order valence-corrected chi connectivity index (χ1v) is 8.74. The fourth-order valence-electron chi connectivity index (χ4n) is 3.10. The third-order valence-corrected chi connectivity index (χ3v) is 4.47. The molecule has 1 atom stereocenters. The van der Waals surface area contributed by atoms with E-state index < -0.39 is 5.72 Å². The Morgan fingerprint density at radius 2 is 2.11 bits per heavy atom. The van der Waals surface area contributed by atoms with Crippen LogP contribution in [0, 0.1) is 12.7 Å². The summed E-state index contributed by atoms with van der Waals surface area (Å²) in [6.45, 7) is 7.67. The van der Waals surface area contributed by atoms with Gasteiger partial charge >= 0.3 is 0 Å². The molecule has 3 heterocycles. The lowest BCUT2D eigenvalue weighted by Crippen LogP contribution is -2.23. The minimum atomic E-state index is -0.636. The Balaban J connectivity index is 1.65. The molecule has 0 saturated carbocycles. The van der Waals surface area contributed by atoms with E-state index in [0.29, 0.717) is 17.3 Å². The van der Waals surface area contributed by atoms with E-state index in [9.17, 15) is 4.39 Å². The van der Waals surface area contributed by atoms with Crippen LogP contribution in [0.15, 0.2) is 41.7 Å². The molecule has 3 aromatic rings. The predicted molar refractivity (Wildman–Crippen MR) is 101 cm³/mol. The molecule has 2 aromatic heterocycles. The predicted octanol–water partition coefficient (Wildman–Crippen LogP) is 3.37. The van der Waals surface area contributed by atoms with E-state index in [-0.39, 0.29) is 11.9 Å². The SMILES string of the molecule is Cc1ccc(F)cc1[C@H](C)Nc1ccn2ncc(C3=NC(C)(C)ON3)c2n1. The summed E-state index contributed by atoms with van der Waals surface area (Å²) >= 11 is 0. The average molecular weight is 368 g/mol. The molecule has 7 nitrogen and oxygen atoms in total. The second kappa shape index (κ2) is 6.31. The van der Waals surface area contributed by atoms with E-state index in [0.717, 1.165) is 16.7 Å². The van der Waals surface area contributed by atoms with E-state index in [4.69, 9.17) is 4.84 Å². The first kappa shape index (κ1) is 17.4. The van der Waals surface area contributed by atoms with Crippen LogP contribution in [0.2, 0.25) is 0 Å². The van der Waals surface area contributed by atoms with Crippen molar-refractivity contribution >= 4 is 17.3 Å². The molecule has 1 aliphatic heterocycles. The maximum atomic E-state index is 13.6. The topological polar surface area (TPSA) is 75.8 Å². The standard InChI is InChI=1S/C19H21FN6O/c1-11-5-6-13(20)9-14(11)12(2)22-16-7-8-26-18(23-16)15(10-21-26)17-24-19(3,4)27-25-17/h5-10,12H,1-4H3,(H,22,23)(H,24,25)/t12-/m0/s1. The van der Waals surface area contributed by atoms with Gasteiger partial charge in [-0.15, -0.1) is 0 Å². The molecule has 0 fully saturated rings. The molecule has 0 bridgehead atoms. The number of fused-ring (bicyclic) bond motifs is 1. The molecule has 1 aliphatic rings. The molecule has 0 amide bonds. The number of aliphatic imine (C=N–C) groups is 1. The second-order valence-corrected chi connectivity index (χ2v) is 7.12. The number of halogens is 1. The first-order valence-electron chi connectivity index (χ1n) is 8.74. The Morgan fingerprint density at radius 1 is 1.30 bits per heavy atom. The molecule has 8 heteroatoms. The van der Waals surface area contributed by atoms with Crippen LogP contribution < -0.4 is 10.8 Å². The van der Waals surface area contributed by atoms with Crippen molar-refractivity contribution in [3.8, 4) is 0 Å². The minimum Gasteiger partial charge on any atom is -0.363 e. The third kappa shape index (κ3) is 3.35. The van der Waals surface area contributed by atoms with E-state index in [1.807, 2.05) is 40.0 Å². The fraction of sp³-hybridized carbons (Fsp3) is 0.316. The molecule has 0 saturated heterocycles. The monoisotopic (exact) mass is 368 g/mol. The van der Waals surface area contributed by atoms with Gasteiger partial charge in [0.25, 0.3) is 0 Å². The van der Waals surface area contributed by atoms with E-state index >= 15 is 0 Å². The smallest absolute Gasteiger partial charge is 0.182 e. The zero-order chi connectivity index (χ0) is 19.2. The van der Waals surface area contributed by atoms with Crippen LogP contribution >= 0.6 is 0 Å². The molecule has 0 spiro atoms. The molecule has 1 aromatic carbocycles. The molecule has 4 rings (SSSR count). The van der Waals surface area contributed by atoms with E-state index in [1.54, 1.807) is 22.8 Å². The Morgan fingerprint density at radius 3 is 2.85 bits per heavy atom. The van der Waals surface area contributed by atoms with Crippen LogP contribution in [0.1, 0.15) is 43.5 Å². The molecule has 0 unspecified atom stereocenters. The van der Waals surface area contributed by atoms with Crippen LogP contribution in [-0.2, 0) is 4.84 Å². The number of rotatable bonds is 4.